The van der Waals surface area contributed by atoms with Crippen molar-refractivity contribution in [2.45, 2.75) is 276 Å². The van der Waals surface area contributed by atoms with Gasteiger partial charge in [-0.15, -0.1) is 0 Å². The molecule has 35 heteroatoms. The quantitative estimate of drug-likeness (QED) is 0.00805. The Morgan fingerprint density at radius 1 is 0.396 bits per heavy atom. The molecule has 0 saturated heterocycles. The predicted molar refractivity (Wildman–Crippen MR) is 615 cm³/mol. The molecule has 10 rings (SSSR count). The van der Waals surface area contributed by atoms with Gasteiger partial charge in [-0.25, -0.2) is 8.78 Å². The number of nitrogens with two attached hydrogens (primary N) is 3. The molecule has 0 spiro atoms. The van der Waals surface area contributed by atoms with Crippen LogP contribution in [-0.2, 0) is 100 Å². The molecule has 12 nitrogen and oxygen atoms in total. The molecule has 3 aromatic heterocycles. The fourth-order valence-corrected chi connectivity index (χ4v) is 22.1. The zero-order valence-corrected chi connectivity index (χ0v) is 115. The molecule has 0 bridgehead atoms. The van der Waals surface area contributed by atoms with E-state index in [1.54, 1.807) is 24.5 Å². The van der Waals surface area contributed by atoms with Gasteiger partial charge < -0.3 is 93.0 Å². The third-order valence-electron chi connectivity index (χ3n) is 32.9. The Balaban J connectivity index is -0.000000151. The second-order valence-corrected chi connectivity index (χ2v) is 61.8. The molecule has 24 atom stereocenters. The van der Waals surface area contributed by atoms with E-state index in [1.165, 1.54) is 102 Å². The van der Waals surface area contributed by atoms with Gasteiger partial charge in [-0.1, -0.05) is 236 Å². The number of halogens is 16. The van der Waals surface area contributed by atoms with E-state index in [4.69, 9.17) is 85.8 Å². The molecule has 0 aliphatic heterocycles. The normalized spacial score (nSPS) is 29.2. The summed E-state index contributed by atoms with van der Waals surface area (Å²) >= 11 is 4.01. The van der Waals surface area contributed by atoms with Crippen LogP contribution < -0.4 is 27.8 Å². The summed E-state index contributed by atoms with van der Waals surface area (Å²) < 4.78 is 90.5. The summed E-state index contributed by atoms with van der Waals surface area (Å²) in [6.45, 7) is 72.1. The monoisotopic (exact) mass is 3130 g/mol. The van der Waals surface area contributed by atoms with Crippen molar-refractivity contribution < 1.29 is 139 Å². The molecule has 24 unspecified atom stereocenters. The Labute approximate surface area is 983 Å². The number of ether oxygens (including phenoxy) is 1. The van der Waals surface area contributed by atoms with Gasteiger partial charge in [0, 0.05) is 57.9 Å². The number of aromatic nitrogens is 3. The third-order valence-corrected chi connectivity index (χ3v) is 32.9. The summed E-state index contributed by atoms with van der Waals surface area (Å²) in [5, 5.41) is 10.4. The van der Waals surface area contributed by atoms with Crippen LogP contribution in [-0.4, -0.2) is 86.4 Å². The first-order valence-electron chi connectivity index (χ1n) is 49.9. The number of unbranched alkanes of at least 4 members (excludes halogenated alkanes) is 2. The predicted octanol–water partition coefficient (Wildman–Crippen LogP) is 38.3. The van der Waals surface area contributed by atoms with Gasteiger partial charge in [0.25, 0.3) is 0 Å². The van der Waals surface area contributed by atoms with Crippen LogP contribution in [0.5, 0.6) is 0 Å². The first kappa shape index (κ1) is 169. The molecule has 6 saturated carbocycles. The second kappa shape index (κ2) is 94.5. The summed E-state index contributed by atoms with van der Waals surface area (Å²) in [6.07, 6.45) is 24.4. The van der Waals surface area contributed by atoms with Gasteiger partial charge in [0.05, 0.1) is 23.7 Å². The number of nitrogens with zero attached hydrogens (tertiary/aromatic N) is 4. The van der Waals surface area contributed by atoms with Gasteiger partial charge in [-0.3, -0.25) is 15.0 Å². The number of hydrogen-bond donors (Lipinski definition) is 5. The minimum absolute atomic E-state index is 0. The number of pyridine rings is 3. The number of nitrogens with one attached hydrogen (secondary N) is 3. The van der Waals surface area contributed by atoms with Gasteiger partial charge in [-0.2, -0.15) is 6.54 Å². The standard InChI is InChI=1S/C17H35NO.C15H31N.C13H27N.C12H8F2N2O.2C12H25N.C12H24N.C10H8N2.6CH3.6ClH.F6P.2HI.2Ir.4Rh/c1-6-11-19-12-10-18-9-7-8-17-15(4)13(2)14(3)16(17)5;1-6-16-10-8-7-9-15-13(4)11(2)12(3)14(15)5;1-9-10(2)12(4)13(11(9)3)7-5-6-8-14;13-8-4-5-10(9(14)7-8)16-12(17)11-3-1-2-6-15-11;3*1-8-9(2)11(4)12(10(8)3)6-5-7-13;1-3-7-11-9(5-1)10-6-2-4-8-12-10;;;;;;;;;;;;;1-7(2,3,4,5)6;;;;;;;;/h13-18H,6-12H2,1-5H3;11-16H,6-10H2,1-5H3;9-13H,5-8,14H2,1-4H3;1-7H,(H,16,17);2*8-12H,5-7,13H2,1-4H3;8-13H,5-7H2,1-4H3;1-8H;6*1H3;6*1H;;2*1H;;;;;;/q;;;;;;-1;;6*-1;;;;;;;-1;;;;+3;4*+2/p-9. The van der Waals surface area contributed by atoms with Crippen molar-refractivity contribution in [3.8, 4) is 11.4 Å². The van der Waals surface area contributed by atoms with E-state index >= 15 is 0 Å². The molecule has 9 N–H and O–H groups in total. The van der Waals surface area contributed by atoms with Crippen molar-refractivity contribution in [2.24, 2.45) is 195 Å². The van der Waals surface area contributed by atoms with Gasteiger partial charge in [0.15, 0.2) is 0 Å². The van der Waals surface area contributed by atoms with E-state index < -0.39 is 25.4 Å². The van der Waals surface area contributed by atoms with E-state index in [9.17, 15) is 38.8 Å². The van der Waals surface area contributed by atoms with E-state index in [-0.39, 0.29) is 142 Å². The average molecular weight is 3130 g/mol. The van der Waals surface area contributed by atoms with Gasteiger partial charge in [-0.05, 0) is 330 Å². The largest absolute Gasteiger partial charge is 3.00 e. The van der Waals surface area contributed by atoms with Gasteiger partial charge in [0.2, 0.25) is 0 Å². The maximum Gasteiger partial charge on any atom is 3.00 e. The van der Waals surface area contributed by atoms with Crippen molar-refractivity contribution in [1.29, 1.82) is 0 Å². The number of amides is 1. The Hall–Kier alpha value is 2.72. The van der Waals surface area contributed by atoms with Crippen LogP contribution in [0.2, 0.25) is 0 Å². The van der Waals surface area contributed by atoms with Crippen LogP contribution >= 0.6 is 105 Å². The molecule has 3 heterocycles. The molecule has 1 amide bonds. The van der Waals surface area contributed by atoms with Crippen LogP contribution in [0.4, 0.5) is 39.6 Å². The van der Waals surface area contributed by atoms with Crippen molar-refractivity contribution in [2.75, 3.05) is 65.6 Å². The van der Waals surface area contributed by atoms with E-state index in [2.05, 4.69) is 250 Å². The van der Waals surface area contributed by atoms with Crippen LogP contribution in [0, 0.1) is 234 Å². The van der Waals surface area contributed by atoms with Crippen LogP contribution in [0.15, 0.2) is 91.4 Å². The van der Waals surface area contributed by atoms with Crippen molar-refractivity contribution >= 4 is 117 Å². The number of benzene rings is 1. The molecule has 6 fully saturated rings. The number of carbonyl (C=O) groups excluding carboxylic acids is 1. The second-order valence-electron chi connectivity index (χ2n) is 39.8. The number of hydrogen-bond acceptors (Lipinski definition) is 10. The SMILES string of the molecule is CC1C(C)C(C)C(CCCCN)C1C.CC1C(C)C(C)C(CCCN)C1C.CC1C(C)C(C)C(CCCN)C1C.CC1C(C)C(C)C(CCC[NH-])C1C.CCCOCCNCCCC1C(C)C(C)C(C)C1C.CCNCCCCC1C(C)C(C)C(C)C1C.F[P-](F)(F)(F)(F)F.O=C([N-]c1ccc(F)cc1F)c1ccccn1.[CH3-].[CH3-].[CH3-].[CH3-].[CH3-].[CH3-].[Cl][Rh][Cl].[Cl][Rh][Cl].[Cl][Rh][Cl].[I][Rh][I].[Ir+3].[Ir].c1ccc(-c2ccccn2)nc1. The van der Waals surface area contributed by atoms with Crippen molar-refractivity contribution in [3.05, 3.63) is 164 Å². The average Bonchev–Trinajstić information content (AvgIpc) is 1.47. The third kappa shape index (κ3) is 70.6. The Morgan fingerprint density at radius 2 is 0.660 bits per heavy atom. The Bertz CT molecular complexity index is 3340. The summed E-state index contributed by atoms with van der Waals surface area (Å²) in [6, 6.07) is 19.1. The van der Waals surface area contributed by atoms with Crippen LogP contribution in [0.3, 0.4) is 0 Å². The first-order valence-corrected chi connectivity index (χ1v) is 74.3. The Kier molecular flexibility index (Phi) is 111. The zero-order valence-electron chi connectivity index (χ0n) is 93.5. The molecule has 875 valence electrons. The fourth-order valence-electron chi connectivity index (χ4n) is 22.1. The van der Waals surface area contributed by atoms with Crippen molar-refractivity contribution in [3.63, 3.8) is 0 Å². The molecule has 144 heavy (non-hydrogen) atoms. The molecule has 6 aliphatic rings. The number of rotatable bonds is 31. The molecule has 6 aliphatic carbocycles. The van der Waals surface area contributed by atoms with Crippen LogP contribution in [0.25, 0.3) is 22.4 Å². The molecule has 1 radical (unpaired) electrons. The summed E-state index contributed by atoms with van der Waals surface area (Å²) in [5.41, 5.74) is 25.6. The minimum atomic E-state index is -10.7. The summed E-state index contributed by atoms with van der Waals surface area (Å²) in [7, 11) is 19.1. The van der Waals surface area contributed by atoms with E-state index in [0.717, 1.165) is 276 Å². The molecular formula is C109H200Cl6F8I2Ir2N10O2PRh4-6. The summed E-state index contributed by atoms with van der Waals surface area (Å²) in [4.78, 5) is 23.7. The van der Waals surface area contributed by atoms with Gasteiger partial charge in [0.1, 0.15) is 17.5 Å². The maximum atomic E-state index is 13.2. The number of carbonyl (C=O) groups is 1. The molecule has 1 aromatic carbocycles. The topological polar surface area (TPSA) is 205 Å². The zero-order chi connectivity index (χ0) is 105. The molecular weight excluding hydrogens is 2930 g/mol. The smallest absolute Gasteiger partial charge is 0.255 e. The minimum Gasteiger partial charge on any atom is -0.255 e. The fraction of sp³-hybridized carbons (Fsp3) is 0.743. The van der Waals surface area contributed by atoms with Crippen molar-refractivity contribution in [1.82, 2.24) is 25.6 Å². The summed E-state index contributed by atoms with van der Waals surface area (Å²) in [5.74, 6) is 25.0. The Morgan fingerprint density at radius 3 is 0.910 bits per heavy atom. The van der Waals surface area contributed by atoms with E-state index in [0.29, 0.717) is 12.6 Å². The first-order chi connectivity index (χ1) is 63.8. The molecule has 4 aromatic rings. The maximum absolute atomic E-state index is 13.2. The van der Waals surface area contributed by atoms with Crippen LogP contribution in [0.1, 0.15) is 287 Å². The van der Waals surface area contributed by atoms with E-state index in [1.807, 2.05) is 36.4 Å². The van der Waals surface area contributed by atoms with Gasteiger partial charge >= 0.3 is 206 Å².